The van der Waals surface area contributed by atoms with Crippen molar-refractivity contribution in [2.45, 2.75) is 39.2 Å². The molecule has 0 bridgehead atoms. The number of carbonyl (C=O) groups excluding carboxylic acids is 1. The molecule has 1 saturated heterocycles. The second kappa shape index (κ2) is 4.52. The van der Waals surface area contributed by atoms with Gasteiger partial charge in [0.1, 0.15) is 5.60 Å². The predicted molar refractivity (Wildman–Crippen MR) is 63.3 cm³/mol. The summed E-state index contributed by atoms with van der Waals surface area (Å²) < 4.78 is 30.3. The van der Waals surface area contributed by atoms with Gasteiger partial charge in [0.05, 0.1) is 0 Å². The smallest absolute Gasteiger partial charge is 0.410 e. The van der Waals surface area contributed by atoms with Crippen LogP contribution in [0.5, 0.6) is 0 Å². The highest BCUT2D eigenvalue weighted by Crippen LogP contribution is 2.43. The van der Waals surface area contributed by atoms with E-state index in [-0.39, 0.29) is 23.5 Å². The zero-order valence-corrected chi connectivity index (χ0v) is 11.0. The molecule has 3 nitrogen and oxygen atoms in total. The van der Waals surface area contributed by atoms with Crippen LogP contribution >= 0.6 is 0 Å². The number of carbonyl (C=O) groups is 1. The van der Waals surface area contributed by atoms with Gasteiger partial charge in [-0.25, -0.2) is 4.79 Å². The first-order valence-corrected chi connectivity index (χ1v) is 6.27. The first-order valence-electron chi connectivity index (χ1n) is 6.27. The standard InChI is InChI=1S/C13H19F2NO2/c1-13(2,3)18-12(17)16-6-9-4-8(11(14)15)5-10(9)7-16/h9-10H,4-7H2,1-3H3. The highest BCUT2D eigenvalue weighted by Gasteiger charge is 2.42. The van der Waals surface area contributed by atoms with Crippen molar-refractivity contribution in [1.29, 1.82) is 0 Å². The molecule has 2 aliphatic rings. The minimum atomic E-state index is -1.53. The highest BCUT2D eigenvalue weighted by atomic mass is 19.3. The van der Waals surface area contributed by atoms with E-state index in [4.69, 9.17) is 4.74 Å². The van der Waals surface area contributed by atoms with Gasteiger partial charge in [-0.1, -0.05) is 0 Å². The van der Waals surface area contributed by atoms with Crippen LogP contribution in [0.25, 0.3) is 0 Å². The molecule has 1 aliphatic heterocycles. The lowest BCUT2D eigenvalue weighted by Crippen LogP contribution is -2.35. The lowest BCUT2D eigenvalue weighted by molar-refractivity contribution is 0.0282. The molecule has 18 heavy (non-hydrogen) atoms. The molecule has 0 aromatic rings. The Labute approximate surface area is 106 Å². The van der Waals surface area contributed by atoms with Gasteiger partial charge in [0.15, 0.2) is 0 Å². The Hall–Kier alpha value is -1.13. The third-order valence-electron chi connectivity index (χ3n) is 3.51. The maximum absolute atomic E-state index is 12.5. The van der Waals surface area contributed by atoms with Crippen LogP contribution < -0.4 is 0 Å². The predicted octanol–water partition coefficient (Wildman–Crippen LogP) is 3.41. The number of amides is 1. The Bertz CT molecular complexity index is 367. The second-order valence-corrected chi connectivity index (χ2v) is 6.18. The number of hydrogen-bond acceptors (Lipinski definition) is 2. The number of allylic oxidation sites excluding steroid dienone is 1. The summed E-state index contributed by atoms with van der Waals surface area (Å²) in [5.74, 6) is 0.350. The van der Waals surface area contributed by atoms with Gasteiger partial charge in [0.25, 0.3) is 6.08 Å². The van der Waals surface area contributed by atoms with Crippen molar-refractivity contribution in [3.05, 3.63) is 11.7 Å². The molecule has 1 heterocycles. The molecule has 102 valence electrons. The van der Waals surface area contributed by atoms with E-state index in [1.165, 1.54) is 0 Å². The van der Waals surface area contributed by atoms with E-state index in [9.17, 15) is 13.6 Å². The van der Waals surface area contributed by atoms with Crippen LogP contribution in [-0.4, -0.2) is 29.7 Å². The zero-order chi connectivity index (χ0) is 13.5. The van der Waals surface area contributed by atoms with Gasteiger partial charge in [-0.2, -0.15) is 8.78 Å². The quantitative estimate of drug-likeness (QED) is 0.667. The molecule has 5 heteroatoms. The molecule has 0 N–H and O–H groups in total. The van der Waals surface area contributed by atoms with Crippen molar-refractivity contribution in [2.75, 3.05) is 13.1 Å². The van der Waals surface area contributed by atoms with Crippen molar-refractivity contribution in [3.8, 4) is 0 Å². The molecule has 2 unspecified atom stereocenters. The number of fused-ring (bicyclic) bond motifs is 1. The Morgan fingerprint density at radius 1 is 1.22 bits per heavy atom. The molecule has 0 spiro atoms. The SMILES string of the molecule is CC(C)(C)OC(=O)N1CC2CC(=C(F)F)CC2C1. The molecule has 2 rings (SSSR count). The Morgan fingerprint density at radius 3 is 2.11 bits per heavy atom. The van der Waals surface area contributed by atoms with Crippen LogP contribution in [0.4, 0.5) is 13.6 Å². The van der Waals surface area contributed by atoms with Gasteiger partial charge in [-0.3, -0.25) is 0 Å². The molecular formula is C13H19F2NO2. The maximum Gasteiger partial charge on any atom is 0.410 e. The van der Waals surface area contributed by atoms with Gasteiger partial charge >= 0.3 is 6.09 Å². The van der Waals surface area contributed by atoms with E-state index in [0.717, 1.165) is 0 Å². The third-order valence-corrected chi connectivity index (χ3v) is 3.51. The van der Waals surface area contributed by atoms with Crippen LogP contribution in [0.3, 0.4) is 0 Å². The van der Waals surface area contributed by atoms with E-state index in [1.807, 2.05) is 20.8 Å². The average molecular weight is 259 g/mol. The number of likely N-dealkylation sites (tertiary alicyclic amines) is 1. The average Bonchev–Trinajstić information content (AvgIpc) is 2.69. The third kappa shape index (κ3) is 2.82. The molecule has 1 amide bonds. The fourth-order valence-electron chi connectivity index (χ4n) is 2.75. The summed E-state index contributed by atoms with van der Waals surface area (Å²) in [6.07, 6.45) is -1.02. The van der Waals surface area contributed by atoms with Crippen molar-refractivity contribution in [1.82, 2.24) is 4.90 Å². The van der Waals surface area contributed by atoms with E-state index >= 15 is 0 Å². The van der Waals surface area contributed by atoms with Gasteiger partial charge in [0.2, 0.25) is 0 Å². The second-order valence-electron chi connectivity index (χ2n) is 6.18. The summed E-state index contributed by atoms with van der Waals surface area (Å²) in [4.78, 5) is 13.5. The normalized spacial score (nSPS) is 27.4. The van der Waals surface area contributed by atoms with Crippen LogP contribution in [-0.2, 0) is 4.74 Å². The van der Waals surface area contributed by atoms with E-state index in [2.05, 4.69) is 0 Å². The zero-order valence-electron chi connectivity index (χ0n) is 11.0. The van der Waals surface area contributed by atoms with Crippen LogP contribution in [0.1, 0.15) is 33.6 Å². The Kier molecular flexibility index (Phi) is 3.34. The molecule has 2 atom stereocenters. The van der Waals surface area contributed by atoms with Crippen molar-refractivity contribution in [2.24, 2.45) is 11.8 Å². The summed E-state index contributed by atoms with van der Waals surface area (Å²) in [5.41, 5.74) is -0.237. The van der Waals surface area contributed by atoms with Crippen molar-refractivity contribution < 1.29 is 18.3 Å². The number of rotatable bonds is 0. The van der Waals surface area contributed by atoms with Crippen LogP contribution in [0.15, 0.2) is 11.7 Å². The summed E-state index contributed by atoms with van der Waals surface area (Å²) >= 11 is 0. The summed E-state index contributed by atoms with van der Waals surface area (Å²) in [7, 11) is 0. The fourth-order valence-corrected chi connectivity index (χ4v) is 2.75. The molecule has 0 aromatic carbocycles. The van der Waals surface area contributed by atoms with Gasteiger partial charge in [-0.05, 0) is 51.0 Å². The van der Waals surface area contributed by atoms with Crippen LogP contribution in [0.2, 0.25) is 0 Å². The number of ether oxygens (including phenoxy) is 1. The summed E-state index contributed by atoms with van der Waals surface area (Å²) in [5, 5.41) is 0. The van der Waals surface area contributed by atoms with Gasteiger partial charge < -0.3 is 9.64 Å². The van der Waals surface area contributed by atoms with Gasteiger partial charge in [-0.15, -0.1) is 0 Å². The first-order chi connectivity index (χ1) is 8.26. The topological polar surface area (TPSA) is 29.5 Å². The lowest BCUT2D eigenvalue weighted by Gasteiger charge is -2.24. The Morgan fingerprint density at radius 2 is 1.72 bits per heavy atom. The van der Waals surface area contributed by atoms with E-state index < -0.39 is 11.7 Å². The molecule has 0 radical (unpaired) electrons. The number of nitrogens with zero attached hydrogens (tertiary/aromatic N) is 1. The molecule has 1 saturated carbocycles. The van der Waals surface area contributed by atoms with Gasteiger partial charge in [0, 0.05) is 13.1 Å². The van der Waals surface area contributed by atoms with E-state index in [0.29, 0.717) is 25.9 Å². The lowest BCUT2D eigenvalue weighted by atomic mass is 10.0. The summed E-state index contributed by atoms with van der Waals surface area (Å²) in [6.45, 7) is 6.54. The summed E-state index contributed by atoms with van der Waals surface area (Å²) in [6, 6.07) is 0. The number of hydrogen-bond donors (Lipinski definition) is 0. The van der Waals surface area contributed by atoms with Crippen molar-refractivity contribution >= 4 is 6.09 Å². The van der Waals surface area contributed by atoms with Crippen LogP contribution in [0, 0.1) is 11.8 Å². The molecular weight excluding hydrogens is 240 g/mol. The first kappa shape index (κ1) is 13.3. The largest absolute Gasteiger partial charge is 0.444 e. The molecule has 2 fully saturated rings. The molecule has 1 aliphatic carbocycles. The molecule has 0 aromatic heterocycles. The highest BCUT2D eigenvalue weighted by molar-refractivity contribution is 5.68. The minimum Gasteiger partial charge on any atom is -0.444 e. The monoisotopic (exact) mass is 259 g/mol. The maximum atomic E-state index is 12.5. The number of halogens is 2. The minimum absolute atomic E-state index is 0.175. The van der Waals surface area contributed by atoms with Crippen molar-refractivity contribution in [3.63, 3.8) is 0 Å². The Balaban J connectivity index is 1.93. The van der Waals surface area contributed by atoms with E-state index in [1.54, 1.807) is 4.90 Å². The fraction of sp³-hybridized carbons (Fsp3) is 0.769.